The molecule has 90 valence electrons. The molecule has 0 aliphatic carbocycles. The van der Waals surface area contributed by atoms with Crippen LogP contribution in [0.1, 0.15) is 13.0 Å². The summed E-state index contributed by atoms with van der Waals surface area (Å²) in [5.41, 5.74) is 0. The van der Waals surface area contributed by atoms with Crippen molar-refractivity contribution in [2.75, 3.05) is 27.8 Å². The van der Waals surface area contributed by atoms with Gasteiger partial charge in [-0.05, 0) is 6.92 Å². The second-order valence-electron chi connectivity index (χ2n) is 4.06. The fraction of sp³-hybridized carbons (Fsp3) is 0.667. The summed E-state index contributed by atoms with van der Waals surface area (Å²) in [7, 11) is 4.64. The molecule has 0 aliphatic heterocycles. The second kappa shape index (κ2) is 4.58. The minimum absolute atomic E-state index is 0.0278. The van der Waals surface area contributed by atoms with Crippen LogP contribution in [0, 0.1) is 0 Å². The summed E-state index contributed by atoms with van der Waals surface area (Å²) in [6.45, 7) is 2.42. The first-order chi connectivity index (χ1) is 7.39. The molecule has 0 saturated carbocycles. The van der Waals surface area contributed by atoms with Crippen LogP contribution in [-0.2, 0) is 4.74 Å². The highest BCUT2D eigenvalue weighted by Crippen LogP contribution is 2.14. The van der Waals surface area contributed by atoms with Gasteiger partial charge < -0.3 is 9.84 Å². The zero-order valence-corrected chi connectivity index (χ0v) is 9.91. The molecule has 0 aromatic carbocycles. The van der Waals surface area contributed by atoms with Gasteiger partial charge in [-0.1, -0.05) is 5.10 Å². The molecule has 1 unspecified atom stereocenters. The fourth-order valence-electron chi connectivity index (χ4n) is 1.14. The third kappa shape index (κ3) is 2.37. The van der Waals surface area contributed by atoms with E-state index < -0.39 is 10.6 Å². The molecule has 1 heterocycles. The number of hydrogen-bond acceptors (Lipinski definition) is 4. The molecule has 1 rings (SSSR count). The van der Waals surface area contributed by atoms with Gasteiger partial charge in [0.2, 0.25) is 0 Å². The van der Waals surface area contributed by atoms with Gasteiger partial charge in [0.15, 0.2) is 0 Å². The molecule has 1 amide bonds. The van der Waals surface area contributed by atoms with Gasteiger partial charge in [-0.25, -0.2) is 4.68 Å². The Morgan fingerprint density at radius 2 is 2.31 bits per heavy atom. The Hall–Kier alpha value is -1.47. The molecule has 1 atom stereocenters. The number of carbonyl (C=O) groups is 1. The van der Waals surface area contributed by atoms with E-state index in [0.29, 0.717) is 6.61 Å². The van der Waals surface area contributed by atoms with E-state index in [4.69, 9.17) is 9.84 Å². The molecule has 7 heteroatoms. The lowest BCUT2D eigenvalue weighted by Crippen LogP contribution is -2.46. The first kappa shape index (κ1) is 12.6. The highest BCUT2D eigenvalue weighted by atomic mass is 16.5. The SMILES string of the molecule is COCC(C)n1cnc([N+](C)(C)C(=O)O)n1. The number of rotatable bonds is 4. The van der Waals surface area contributed by atoms with Crippen molar-refractivity contribution < 1.29 is 14.6 Å². The molecule has 0 bridgehead atoms. The smallest absolute Gasteiger partial charge is 0.435 e. The Labute approximate surface area is 93.9 Å². The molecule has 0 radical (unpaired) electrons. The van der Waals surface area contributed by atoms with Crippen molar-refractivity contribution in [3.05, 3.63) is 6.33 Å². The normalized spacial score (nSPS) is 13.8. The lowest BCUT2D eigenvalue weighted by atomic mass is 10.4. The van der Waals surface area contributed by atoms with Gasteiger partial charge in [0, 0.05) is 7.11 Å². The van der Waals surface area contributed by atoms with Crippen LogP contribution in [0.15, 0.2) is 6.33 Å². The average Bonchev–Trinajstić information content (AvgIpc) is 2.67. The zero-order chi connectivity index (χ0) is 12.3. The van der Waals surface area contributed by atoms with Crippen LogP contribution >= 0.6 is 0 Å². The number of nitrogens with zero attached hydrogens (tertiary/aromatic N) is 4. The van der Waals surface area contributed by atoms with Gasteiger partial charge in [0.25, 0.3) is 0 Å². The number of aromatic nitrogens is 3. The molecule has 1 aromatic rings. The van der Waals surface area contributed by atoms with Gasteiger partial charge in [-0.15, -0.1) is 0 Å². The van der Waals surface area contributed by atoms with Crippen LogP contribution in [-0.4, -0.2) is 53.8 Å². The maximum atomic E-state index is 11.0. The Morgan fingerprint density at radius 1 is 1.69 bits per heavy atom. The highest BCUT2D eigenvalue weighted by molar-refractivity contribution is 5.76. The van der Waals surface area contributed by atoms with E-state index in [-0.39, 0.29) is 12.0 Å². The lowest BCUT2D eigenvalue weighted by molar-refractivity contribution is 0.154. The number of carboxylic acid groups (broad SMARTS) is 1. The van der Waals surface area contributed by atoms with E-state index in [1.165, 1.54) is 20.4 Å². The van der Waals surface area contributed by atoms with Crippen LogP contribution in [0.25, 0.3) is 0 Å². The zero-order valence-electron chi connectivity index (χ0n) is 9.91. The minimum atomic E-state index is -1.00. The fourth-order valence-corrected chi connectivity index (χ4v) is 1.14. The number of quaternary nitrogens is 1. The van der Waals surface area contributed by atoms with Gasteiger partial charge in [-0.2, -0.15) is 14.3 Å². The van der Waals surface area contributed by atoms with Crippen molar-refractivity contribution >= 4 is 12.0 Å². The van der Waals surface area contributed by atoms with E-state index in [1.54, 1.807) is 11.8 Å². The van der Waals surface area contributed by atoms with E-state index in [1.807, 2.05) is 6.92 Å². The van der Waals surface area contributed by atoms with E-state index in [2.05, 4.69) is 10.1 Å². The molecular weight excluding hydrogens is 212 g/mol. The van der Waals surface area contributed by atoms with E-state index in [9.17, 15) is 4.79 Å². The van der Waals surface area contributed by atoms with Crippen molar-refractivity contribution in [2.24, 2.45) is 0 Å². The van der Waals surface area contributed by atoms with Crippen LogP contribution in [0.5, 0.6) is 0 Å². The number of ether oxygens (including phenoxy) is 1. The van der Waals surface area contributed by atoms with Crippen LogP contribution in [0.3, 0.4) is 0 Å². The molecular formula is C9H17N4O3+. The Morgan fingerprint density at radius 3 is 2.81 bits per heavy atom. The predicted molar refractivity (Wildman–Crippen MR) is 58.3 cm³/mol. The van der Waals surface area contributed by atoms with Gasteiger partial charge in [0.05, 0.1) is 26.7 Å². The minimum Gasteiger partial charge on any atom is -0.435 e. The highest BCUT2D eigenvalue weighted by Gasteiger charge is 2.33. The largest absolute Gasteiger partial charge is 0.521 e. The number of methoxy groups -OCH3 is 1. The van der Waals surface area contributed by atoms with Crippen LogP contribution in [0.2, 0.25) is 0 Å². The van der Waals surface area contributed by atoms with Gasteiger partial charge in [-0.3, -0.25) is 0 Å². The molecule has 1 aromatic heterocycles. The maximum Gasteiger partial charge on any atom is 0.521 e. The summed E-state index contributed by atoms with van der Waals surface area (Å²) in [6, 6.07) is 0.0278. The summed E-state index contributed by atoms with van der Waals surface area (Å²) in [6.07, 6.45) is 0.513. The van der Waals surface area contributed by atoms with Gasteiger partial charge in [0.1, 0.15) is 6.33 Å². The van der Waals surface area contributed by atoms with Crippen molar-refractivity contribution in [1.82, 2.24) is 19.2 Å². The number of hydrogen-bond donors (Lipinski definition) is 1. The van der Waals surface area contributed by atoms with Crippen molar-refractivity contribution in [2.45, 2.75) is 13.0 Å². The summed E-state index contributed by atoms with van der Waals surface area (Å²) >= 11 is 0. The molecule has 1 N–H and O–H groups in total. The lowest BCUT2D eigenvalue weighted by Gasteiger charge is -2.17. The second-order valence-corrected chi connectivity index (χ2v) is 4.06. The molecule has 0 saturated heterocycles. The Bertz CT molecular complexity index is 375. The molecule has 7 nitrogen and oxygen atoms in total. The number of amides is 1. The first-order valence-electron chi connectivity index (χ1n) is 4.87. The average molecular weight is 229 g/mol. The summed E-state index contributed by atoms with van der Waals surface area (Å²) in [4.78, 5) is 15.0. The molecule has 0 fully saturated rings. The van der Waals surface area contributed by atoms with Crippen molar-refractivity contribution in [1.29, 1.82) is 0 Å². The van der Waals surface area contributed by atoms with Gasteiger partial charge >= 0.3 is 12.0 Å². The summed E-state index contributed by atoms with van der Waals surface area (Å²) in [5.74, 6) is 0.246. The van der Waals surface area contributed by atoms with Crippen LogP contribution in [0.4, 0.5) is 10.7 Å². The maximum absolute atomic E-state index is 11.0. The third-order valence-electron chi connectivity index (χ3n) is 2.33. The van der Waals surface area contributed by atoms with E-state index >= 15 is 0 Å². The van der Waals surface area contributed by atoms with Crippen molar-refractivity contribution in [3.63, 3.8) is 0 Å². The Kier molecular flexibility index (Phi) is 3.61. The standard InChI is InChI=1S/C9H16N4O3/c1-7(5-16-4)12-6-10-8(11-12)13(2,3)9(14)15/h6-7H,5H2,1-4H3/p+1. The molecule has 16 heavy (non-hydrogen) atoms. The first-order valence-corrected chi connectivity index (χ1v) is 4.87. The predicted octanol–water partition coefficient (Wildman–Crippen LogP) is 0.730. The van der Waals surface area contributed by atoms with Crippen LogP contribution < -0.4 is 4.48 Å². The monoisotopic (exact) mass is 229 g/mol. The van der Waals surface area contributed by atoms with Crippen molar-refractivity contribution in [3.8, 4) is 0 Å². The quantitative estimate of drug-likeness (QED) is 0.770. The molecule has 0 aliphatic rings. The third-order valence-corrected chi connectivity index (χ3v) is 2.33. The topological polar surface area (TPSA) is 77.2 Å². The van der Waals surface area contributed by atoms with E-state index in [0.717, 1.165) is 0 Å². The molecule has 0 spiro atoms. The summed E-state index contributed by atoms with van der Waals surface area (Å²) in [5, 5.41) is 13.1. The Balaban J connectivity index is 2.90. The summed E-state index contributed by atoms with van der Waals surface area (Å²) < 4.78 is 6.19.